The first-order valence-electron chi connectivity index (χ1n) is 8.48. The lowest BCUT2D eigenvalue weighted by Crippen LogP contribution is -2.37. The Balaban J connectivity index is 2.14. The van der Waals surface area contributed by atoms with Crippen LogP contribution in [-0.2, 0) is 0 Å². The summed E-state index contributed by atoms with van der Waals surface area (Å²) >= 11 is 0. The maximum atomic E-state index is 16.0. The van der Waals surface area contributed by atoms with Crippen LogP contribution in [0, 0.1) is 27.6 Å². The first-order chi connectivity index (χ1) is 13.7. The van der Waals surface area contributed by atoms with E-state index in [9.17, 15) is 23.3 Å². The zero-order valence-corrected chi connectivity index (χ0v) is 15.4. The topological polar surface area (TPSA) is 64.4 Å². The van der Waals surface area contributed by atoms with Crippen LogP contribution < -0.4 is 10.1 Å². The highest BCUT2D eigenvalue weighted by Crippen LogP contribution is 2.44. The number of nitrogens with zero attached hydrogens (tertiary/aromatic N) is 1. The molecule has 152 valence electrons. The van der Waals surface area contributed by atoms with Crippen molar-refractivity contribution in [3.8, 4) is 5.75 Å². The third-order valence-electron chi connectivity index (χ3n) is 4.56. The van der Waals surface area contributed by atoms with Crippen molar-refractivity contribution in [3.05, 3.63) is 81.2 Å². The summed E-state index contributed by atoms with van der Waals surface area (Å²) in [5.74, 6) is -5.67. The zero-order chi connectivity index (χ0) is 21.3. The van der Waals surface area contributed by atoms with Gasteiger partial charge in [-0.25, -0.2) is 17.6 Å². The molecule has 0 saturated heterocycles. The molecule has 29 heavy (non-hydrogen) atoms. The molecule has 0 saturated carbocycles. The monoisotopic (exact) mass is 408 g/mol. The van der Waals surface area contributed by atoms with Crippen LogP contribution >= 0.6 is 0 Å². The minimum Gasteiger partial charge on any atom is -0.497 e. The van der Waals surface area contributed by atoms with Crippen molar-refractivity contribution in [2.24, 2.45) is 0 Å². The van der Waals surface area contributed by atoms with Crippen LogP contribution in [0.4, 0.5) is 28.9 Å². The minimum atomic E-state index is -2.59. The van der Waals surface area contributed by atoms with Crippen molar-refractivity contribution in [1.29, 1.82) is 0 Å². The Morgan fingerprint density at radius 2 is 1.90 bits per heavy atom. The molecule has 0 bridgehead atoms. The fourth-order valence-corrected chi connectivity index (χ4v) is 3.29. The quantitative estimate of drug-likeness (QED) is 0.306. The second-order valence-electron chi connectivity index (χ2n) is 6.48. The van der Waals surface area contributed by atoms with Crippen molar-refractivity contribution in [3.63, 3.8) is 0 Å². The number of alkyl halides is 1. The largest absolute Gasteiger partial charge is 0.497 e. The second kappa shape index (κ2) is 7.57. The SMILES string of the molecule is COc1ccc(C2=C(C)C=CCC2(F)Nc2c(F)cc(F)cc2[N+](=O)[O-])c(F)c1. The van der Waals surface area contributed by atoms with Crippen molar-refractivity contribution < 1.29 is 27.2 Å². The summed E-state index contributed by atoms with van der Waals surface area (Å²) in [6.07, 6.45) is 2.63. The van der Waals surface area contributed by atoms with Gasteiger partial charge in [-0.05, 0) is 24.6 Å². The number of benzene rings is 2. The first kappa shape index (κ1) is 20.4. The third-order valence-corrected chi connectivity index (χ3v) is 4.56. The van der Waals surface area contributed by atoms with Crippen LogP contribution in [0.25, 0.3) is 5.57 Å². The van der Waals surface area contributed by atoms with Gasteiger partial charge in [0.1, 0.15) is 17.4 Å². The summed E-state index contributed by atoms with van der Waals surface area (Å²) in [4.78, 5) is 10.2. The molecule has 0 fully saturated rings. The Kier molecular flexibility index (Phi) is 5.32. The second-order valence-corrected chi connectivity index (χ2v) is 6.48. The van der Waals surface area contributed by atoms with Crippen molar-refractivity contribution in [2.75, 3.05) is 12.4 Å². The van der Waals surface area contributed by atoms with Gasteiger partial charge in [-0.15, -0.1) is 0 Å². The standard InChI is InChI=1S/C20H16F4N2O3/c1-11-4-3-7-20(24,18(11)14-6-5-13(29-2)10-15(14)22)25-19-16(23)8-12(21)9-17(19)26(27)28/h3-6,8-10,25H,7H2,1-2H3. The van der Waals surface area contributed by atoms with E-state index >= 15 is 4.39 Å². The van der Waals surface area contributed by atoms with Gasteiger partial charge in [0.2, 0.25) is 5.79 Å². The molecule has 1 N–H and O–H groups in total. The number of anilines is 1. The van der Waals surface area contributed by atoms with E-state index in [1.165, 1.54) is 32.2 Å². The average molecular weight is 408 g/mol. The Hall–Kier alpha value is -3.36. The number of ether oxygens (including phenoxy) is 1. The molecule has 1 aliphatic rings. The van der Waals surface area contributed by atoms with Gasteiger partial charge in [-0.3, -0.25) is 10.1 Å². The number of nitrogens with one attached hydrogen (secondary N) is 1. The van der Waals surface area contributed by atoms with Crippen LogP contribution in [0.3, 0.4) is 0 Å². The molecule has 1 atom stereocenters. The molecule has 0 amide bonds. The van der Waals surface area contributed by atoms with E-state index in [1.54, 1.807) is 6.08 Å². The summed E-state index contributed by atoms with van der Waals surface area (Å²) in [7, 11) is 1.35. The lowest BCUT2D eigenvalue weighted by Gasteiger charge is -2.33. The minimum absolute atomic E-state index is 0.118. The van der Waals surface area contributed by atoms with Crippen LogP contribution in [-0.4, -0.2) is 17.8 Å². The molecular weight excluding hydrogens is 392 g/mol. The highest BCUT2D eigenvalue weighted by atomic mass is 19.2. The van der Waals surface area contributed by atoms with Crippen LogP contribution in [0.2, 0.25) is 0 Å². The van der Waals surface area contributed by atoms with E-state index in [4.69, 9.17) is 4.74 Å². The Morgan fingerprint density at radius 1 is 1.17 bits per heavy atom. The summed E-state index contributed by atoms with van der Waals surface area (Å²) < 4.78 is 63.4. The summed E-state index contributed by atoms with van der Waals surface area (Å²) in [5.41, 5.74) is -1.74. The van der Waals surface area contributed by atoms with E-state index in [-0.39, 0.29) is 23.3 Å². The highest BCUT2D eigenvalue weighted by molar-refractivity contribution is 5.82. The van der Waals surface area contributed by atoms with Crippen LogP contribution in [0.15, 0.2) is 48.1 Å². The van der Waals surface area contributed by atoms with E-state index in [0.29, 0.717) is 17.7 Å². The van der Waals surface area contributed by atoms with E-state index < -0.39 is 39.5 Å². The van der Waals surface area contributed by atoms with Crippen molar-refractivity contribution in [2.45, 2.75) is 19.1 Å². The number of allylic oxidation sites excluding steroid dienone is 2. The summed E-state index contributed by atoms with van der Waals surface area (Å²) in [6.45, 7) is 1.53. The van der Waals surface area contributed by atoms with Gasteiger partial charge in [0, 0.05) is 29.7 Å². The highest BCUT2D eigenvalue weighted by Gasteiger charge is 2.40. The fraction of sp³-hybridized carbons (Fsp3) is 0.200. The Labute approximate surface area is 163 Å². The maximum Gasteiger partial charge on any atom is 0.298 e. The lowest BCUT2D eigenvalue weighted by atomic mass is 9.85. The molecule has 0 aromatic heterocycles. The number of hydrogen-bond acceptors (Lipinski definition) is 4. The molecule has 3 rings (SSSR count). The van der Waals surface area contributed by atoms with Crippen LogP contribution in [0.1, 0.15) is 18.9 Å². The van der Waals surface area contributed by atoms with Gasteiger partial charge < -0.3 is 10.1 Å². The molecule has 0 radical (unpaired) electrons. The number of nitro benzene ring substituents is 1. The van der Waals surface area contributed by atoms with Gasteiger partial charge in [-0.1, -0.05) is 12.2 Å². The predicted octanol–water partition coefficient (Wildman–Crippen LogP) is 5.53. The predicted molar refractivity (Wildman–Crippen MR) is 99.8 cm³/mol. The average Bonchev–Trinajstić information content (AvgIpc) is 2.64. The van der Waals surface area contributed by atoms with Gasteiger partial charge in [0.05, 0.1) is 18.1 Å². The van der Waals surface area contributed by atoms with Crippen molar-refractivity contribution >= 4 is 16.9 Å². The molecule has 0 aliphatic heterocycles. The number of hydrogen-bond donors (Lipinski definition) is 1. The molecule has 1 unspecified atom stereocenters. The van der Waals surface area contributed by atoms with Gasteiger partial charge in [-0.2, -0.15) is 0 Å². The van der Waals surface area contributed by atoms with Gasteiger partial charge >= 0.3 is 0 Å². The first-order valence-corrected chi connectivity index (χ1v) is 8.48. The molecule has 0 heterocycles. The Bertz CT molecular complexity index is 1050. The third kappa shape index (κ3) is 3.80. The number of rotatable bonds is 5. The van der Waals surface area contributed by atoms with Gasteiger partial charge in [0.25, 0.3) is 5.69 Å². The van der Waals surface area contributed by atoms with Crippen molar-refractivity contribution in [1.82, 2.24) is 0 Å². The maximum absolute atomic E-state index is 16.0. The smallest absolute Gasteiger partial charge is 0.298 e. The molecule has 9 heteroatoms. The van der Waals surface area contributed by atoms with E-state index in [2.05, 4.69) is 5.32 Å². The number of methoxy groups -OCH3 is 1. The summed E-state index contributed by atoms with van der Waals surface area (Å²) in [6, 6.07) is 4.68. The molecule has 5 nitrogen and oxygen atoms in total. The molecule has 1 aliphatic carbocycles. The lowest BCUT2D eigenvalue weighted by molar-refractivity contribution is -0.384. The van der Waals surface area contributed by atoms with E-state index in [1.807, 2.05) is 0 Å². The number of halogens is 4. The normalized spacial score (nSPS) is 18.7. The Morgan fingerprint density at radius 3 is 2.52 bits per heavy atom. The zero-order valence-electron chi connectivity index (χ0n) is 15.4. The summed E-state index contributed by atoms with van der Waals surface area (Å²) in [5, 5.41) is 13.4. The molecular formula is C20H16F4N2O3. The van der Waals surface area contributed by atoms with Crippen LogP contribution in [0.5, 0.6) is 5.75 Å². The molecule has 2 aromatic rings. The molecule has 2 aromatic carbocycles. The number of nitro groups is 1. The fourth-order valence-electron chi connectivity index (χ4n) is 3.29. The molecule has 0 spiro atoms. The van der Waals surface area contributed by atoms with E-state index in [0.717, 1.165) is 6.07 Å². The van der Waals surface area contributed by atoms with Gasteiger partial charge in [0.15, 0.2) is 11.5 Å².